The Bertz CT molecular complexity index is 757. The first-order chi connectivity index (χ1) is 13.7. The summed E-state index contributed by atoms with van der Waals surface area (Å²) in [5.74, 6) is 0.437. The zero-order valence-corrected chi connectivity index (χ0v) is 19.6. The molecule has 30 heavy (non-hydrogen) atoms. The number of amides is 1. The van der Waals surface area contributed by atoms with E-state index in [2.05, 4.69) is 15.6 Å². The number of ether oxygens (including phenoxy) is 3. The minimum Gasteiger partial charge on any atom is -0.444 e. The number of aryl methyl sites for hydroxylation is 1. The van der Waals surface area contributed by atoms with Gasteiger partial charge in [-0.05, 0) is 61.0 Å². The summed E-state index contributed by atoms with van der Waals surface area (Å²) in [6, 6.07) is 0. The smallest absolute Gasteiger partial charge is 0.420 e. The summed E-state index contributed by atoms with van der Waals surface area (Å²) in [5, 5.41) is 5.69. The molecule has 1 aromatic rings. The van der Waals surface area contributed by atoms with Crippen LogP contribution in [0.5, 0.6) is 0 Å². The van der Waals surface area contributed by atoms with Crippen molar-refractivity contribution in [2.75, 3.05) is 25.5 Å². The number of nitrogens with zero attached hydrogens (tertiary/aromatic N) is 2. The molecule has 9 heteroatoms. The normalized spacial score (nSPS) is 13.2. The van der Waals surface area contributed by atoms with Gasteiger partial charge in [0.1, 0.15) is 11.2 Å². The average Bonchev–Trinajstić information content (AvgIpc) is 2.89. The molecule has 0 aromatic carbocycles. The molecule has 0 aliphatic carbocycles. The molecule has 1 rings (SSSR count). The minimum atomic E-state index is -0.617. The Kier molecular flexibility index (Phi) is 8.90. The third-order valence-electron chi connectivity index (χ3n) is 3.57. The van der Waals surface area contributed by atoms with Gasteiger partial charge in [-0.3, -0.25) is 0 Å². The van der Waals surface area contributed by atoms with Gasteiger partial charge in [-0.2, -0.15) is 0 Å². The monoisotopic (exact) mass is 424 g/mol. The fourth-order valence-electron chi connectivity index (χ4n) is 2.43. The maximum atomic E-state index is 12.5. The number of carbonyl (C=O) groups excluding carboxylic acids is 2. The summed E-state index contributed by atoms with van der Waals surface area (Å²) in [7, 11) is 1.77. The van der Waals surface area contributed by atoms with Crippen LogP contribution in [0.4, 0.5) is 21.1 Å². The summed E-state index contributed by atoms with van der Waals surface area (Å²) < 4.78 is 17.6. The van der Waals surface area contributed by atoms with Crippen LogP contribution in [0.1, 0.15) is 54.0 Å². The third-order valence-corrected chi connectivity index (χ3v) is 3.57. The Balaban J connectivity index is 2.72. The first kappa shape index (κ1) is 25.5. The van der Waals surface area contributed by atoms with Crippen LogP contribution in [0.15, 0.2) is 11.2 Å². The third kappa shape index (κ3) is 8.86. The van der Waals surface area contributed by atoms with Crippen molar-refractivity contribution < 1.29 is 23.8 Å². The molecule has 0 saturated carbocycles. The van der Waals surface area contributed by atoms with Gasteiger partial charge in [0.05, 0.1) is 18.4 Å². The largest absolute Gasteiger partial charge is 0.444 e. The summed E-state index contributed by atoms with van der Waals surface area (Å²) in [6.07, 6.45) is 1.95. The molecular formula is C21H36N4O5. The summed E-state index contributed by atoms with van der Waals surface area (Å²) >= 11 is 0. The molecule has 1 aromatic heterocycles. The van der Waals surface area contributed by atoms with Crippen LogP contribution in [0.25, 0.3) is 0 Å². The molecule has 1 atom stereocenters. The number of aromatic nitrogens is 1. The predicted octanol–water partition coefficient (Wildman–Crippen LogP) is 4.25. The lowest BCUT2D eigenvalue weighted by Gasteiger charge is -2.20. The molecule has 0 aliphatic rings. The molecule has 0 unspecified atom stereocenters. The van der Waals surface area contributed by atoms with Gasteiger partial charge in [0.2, 0.25) is 0 Å². The van der Waals surface area contributed by atoms with E-state index in [1.165, 1.54) is 4.57 Å². The van der Waals surface area contributed by atoms with E-state index in [-0.39, 0.29) is 12.7 Å². The Morgan fingerprint density at radius 3 is 2.30 bits per heavy atom. The maximum absolute atomic E-state index is 12.5. The van der Waals surface area contributed by atoms with Gasteiger partial charge in [0, 0.05) is 26.0 Å². The topological polar surface area (TPSA) is 103 Å². The minimum absolute atomic E-state index is 0.289. The zero-order chi connectivity index (χ0) is 23.1. The van der Waals surface area contributed by atoms with Crippen molar-refractivity contribution >= 4 is 29.9 Å². The number of anilines is 1. The molecule has 0 aliphatic heterocycles. The molecule has 2 N–H and O–H groups in total. The maximum Gasteiger partial charge on any atom is 0.420 e. The van der Waals surface area contributed by atoms with E-state index in [0.717, 1.165) is 11.3 Å². The second-order valence-electron chi connectivity index (χ2n) is 8.89. The Hall–Kier alpha value is -2.55. The van der Waals surface area contributed by atoms with Gasteiger partial charge in [-0.25, -0.2) is 19.1 Å². The first-order valence-corrected chi connectivity index (χ1v) is 9.99. The fraction of sp³-hybridized carbons (Fsp3) is 0.667. The zero-order valence-electron chi connectivity index (χ0n) is 19.6. The first-order valence-electron chi connectivity index (χ1n) is 9.99. The van der Waals surface area contributed by atoms with E-state index in [1.807, 2.05) is 34.6 Å². The quantitative estimate of drug-likeness (QED) is 0.501. The number of alkyl carbamates (subject to hydrolysis) is 1. The standard InChI is InChI=1S/C21H36N4O5/c1-14-13-25(19(27)30-21(6,7)8)17(16(14)22-9)24-12-15(2)28-11-10-23-18(26)29-20(3,4)5/h12-13,15,22H,10-11H2,1-9H3,(H,23,26)/t15-/m0/s1. The second kappa shape index (κ2) is 10.5. The lowest BCUT2D eigenvalue weighted by molar-refractivity contribution is 0.0488. The number of carbonyl (C=O) groups is 2. The number of rotatable bonds is 7. The fourth-order valence-corrected chi connectivity index (χ4v) is 2.43. The molecule has 1 heterocycles. The lowest BCUT2D eigenvalue weighted by Crippen LogP contribution is -2.34. The molecule has 0 fully saturated rings. The highest BCUT2D eigenvalue weighted by atomic mass is 16.6. The van der Waals surface area contributed by atoms with Gasteiger partial charge in [-0.1, -0.05) is 0 Å². The van der Waals surface area contributed by atoms with E-state index in [0.29, 0.717) is 12.4 Å². The molecule has 0 bridgehead atoms. The van der Waals surface area contributed by atoms with Gasteiger partial charge in [-0.15, -0.1) is 0 Å². The van der Waals surface area contributed by atoms with Gasteiger partial charge in [0.15, 0.2) is 5.82 Å². The molecule has 0 saturated heterocycles. The SMILES string of the molecule is CNc1c(C)cn(C(=O)OC(C)(C)C)c1N=C[C@H](C)OCCNC(=O)OC(C)(C)C. The molecule has 0 spiro atoms. The van der Waals surface area contributed by atoms with Crippen molar-refractivity contribution in [3.63, 3.8) is 0 Å². The van der Waals surface area contributed by atoms with Crippen molar-refractivity contribution in [3.8, 4) is 0 Å². The number of nitrogens with one attached hydrogen (secondary N) is 2. The highest BCUT2D eigenvalue weighted by Crippen LogP contribution is 2.31. The van der Waals surface area contributed by atoms with Crippen LogP contribution in [0.2, 0.25) is 0 Å². The predicted molar refractivity (Wildman–Crippen MR) is 118 cm³/mol. The van der Waals surface area contributed by atoms with E-state index in [4.69, 9.17) is 14.2 Å². The number of hydrogen-bond donors (Lipinski definition) is 2. The summed E-state index contributed by atoms with van der Waals surface area (Å²) in [4.78, 5) is 28.6. The Morgan fingerprint density at radius 2 is 1.77 bits per heavy atom. The van der Waals surface area contributed by atoms with Crippen molar-refractivity contribution in [1.29, 1.82) is 0 Å². The van der Waals surface area contributed by atoms with Gasteiger partial charge < -0.3 is 24.8 Å². The van der Waals surface area contributed by atoms with Crippen LogP contribution in [0, 0.1) is 6.92 Å². The van der Waals surface area contributed by atoms with Gasteiger partial charge >= 0.3 is 12.2 Å². The van der Waals surface area contributed by atoms with Crippen molar-refractivity contribution in [2.45, 2.75) is 72.7 Å². The van der Waals surface area contributed by atoms with E-state index in [1.54, 1.807) is 40.2 Å². The molecule has 0 radical (unpaired) electrons. The van der Waals surface area contributed by atoms with Crippen molar-refractivity contribution in [3.05, 3.63) is 11.8 Å². The van der Waals surface area contributed by atoms with E-state index >= 15 is 0 Å². The highest BCUT2D eigenvalue weighted by molar-refractivity contribution is 5.84. The highest BCUT2D eigenvalue weighted by Gasteiger charge is 2.22. The summed E-state index contributed by atoms with van der Waals surface area (Å²) in [5.41, 5.74) is 0.437. The molecule has 1 amide bonds. The van der Waals surface area contributed by atoms with Gasteiger partial charge in [0.25, 0.3) is 0 Å². The van der Waals surface area contributed by atoms with Crippen LogP contribution in [-0.4, -0.2) is 60.5 Å². The van der Waals surface area contributed by atoms with E-state index < -0.39 is 23.4 Å². The summed E-state index contributed by atoms with van der Waals surface area (Å²) in [6.45, 7) is 15.1. The van der Waals surface area contributed by atoms with Crippen molar-refractivity contribution in [2.24, 2.45) is 4.99 Å². The Morgan fingerprint density at radius 1 is 1.17 bits per heavy atom. The number of hydrogen-bond acceptors (Lipinski definition) is 7. The lowest BCUT2D eigenvalue weighted by atomic mass is 10.2. The van der Waals surface area contributed by atoms with Crippen LogP contribution < -0.4 is 10.6 Å². The molecular weight excluding hydrogens is 388 g/mol. The average molecular weight is 425 g/mol. The molecule has 9 nitrogen and oxygen atoms in total. The Labute approximate surface area is 179 Å². The van der Waals surface area contributed by atoms with Crippen LogP contribution >= 0.6 is 0 Å². The van der Waals surface area contributed by atoms with Crippen LogP contribution in [0.3, 0.4) is 0 Å². The second-order valence-corrected chi connectivity index (χ2v) is 8.89. The van der Waals surface area contributed by atoms with Crippen LogP contribution in [-0.2, 0) is 14.2 Å². The molecule has 170 valence electrons. The van der Waals surface area contributed by atoms with E-state index in [9.17, 15) is 9.59 Å². The number of aliphatic imine (C=N–C) groups is 1. The van der Waals surface area contributed by atoms with Crippen molar-refractivity contribution in [1.82, 2.24) is 9.88 Å².